The van der Waals surface area contributed by atoms with Crippen LogP contribution in [-0.4, -0.2) is 6.04 Å². The van der Waals surface area contributed by atoms with Gasteiger partial charge in [-0.25, -0.2) is 0 Å². The fourth-order valence-corrected chi connectivity index (χ4v) is 3.20. The zero-order chi connectivity index (χ0) is 14.0. The van der Waals surface area contributed by atoms with Crippen LogP contribution in [0.1, 0.15) is 59.4 Å². The van der Waals surface area contributed by atoms with Crippen molar-refractivity contribution in [3.8, 4) is 0 Å². The number of rotatable bonds is 2. The molecular weight excluding hydrogens is 230 g/mol. The van der Waals surface area contributed by atoms with Crippen molar-refractivity contribution in [1.29, 1.82) is 0 Å². The second kappa shape index (κ2) is 5.56. The van der Waals surface area contributed by atoms with Crippen molar-refractivity contribution in [3.63, 3.8) is 0 Å². The minimum atomic E-state index is 0.202. The van der Waals surface area contributed by atoms with E-state index in [4.69, 9.17) is 0 Å². The molecule has 1 heteroatoms. The summed E-state index contributed by atoms with van der Waals surface area (Å²) >= 11 is 0. The van der Waals surface area contributed by atoms with Crippen LogP contribution in [0.3, 0.4) is 0 Å². The van der Waals surface area contributed by atoms with Crippen molar-refractivity contribution < 1.29 is 0 Å². The van der Waals surface area contributed by atoms with Crippen molar-refractivity contribution in [2.45, 2.75) is 65.3 Å². The minimum Gasteiger partial charge on any atom is -0.382 e. The molecule has 1 aliphatic carbocycles. The smallest absolute Gasteiger partial charge is 0.0380 e. The Morgan fingerprint density at radius 3 is 2.42 bits per heavy atom. The number of anilines is 1. The van der Waals surface area contributed by atoms with Gasteiger partial charge in [0.05, 0.1) is 0 Å². The average Bonchev–Trinajstić information content (AvgIpc) is 2.33. The van der Waals surface area contributed by atoms with Crippen LogP contribution in [0.2, 0.25) is 0 Å². The maximum absolute atomic E-state index is 3.84. The topological polar surface area (TPSA) is 12.0 Å². The zero-order valence-electron chi connectivity index (χ0n) is 13.2. The summed E-state index contributed by atoms with van der Waals surface area (Å²) in [6, 6.07) is 9.44. The summed E-state index contributed by atoms with van der Waals surface area (Å²) in [5.74, 6) is 1.64. The Hall–Kier alpha value is -0.980. The van der Waals surface area contributed by atoms with E-state index in [-0.39, 0.29) is 5.41 Å². The molecule has 1 fully saturated rings. The molecule has 19 heavy (non-hydrogen) atoms. The highest BCUT2D eigenvalue weighted by molar-refractivity contribution is 5.54. The van der Waals surface area contributed by atoms with Crippen LogP contribution in [0, 0.1) is 11.8 Å². The maximum Gasteiger partial charge on any atom is 0.0380 e. The van der Waals surface area contributed by atoms with E-state index in [0.717, 1.165) is 11.8 Å². The molecule has 0 aliphatic heterocycles. The first-order valence-corrected chi connectivity index (χ1v) is 7.74. The normalized spacial score (nSPS) is 28.2. The molecule has 1 aromatic rings. The van der Waals surface area contributed by atoms with Gasteiger partial charge in [0.2, 0.25) is 0 Å². The molecule has 106 valence electrons. The standard InChI is InChI=1S/C18H29N/c1-13-10-11-14(2)17(12-13)19-16-9-7-6-8-15(16)18(3,4)5/h6-9,13-14,17,19H,10-12H2,1-5H3. The van der Waals surface area contributed by atoms with E-state index < -0.39 is 0 Å². The second-order valence-corrected chi connectivity index (χ2v) is 7.44. The van der Waals surface area contributed by atoms with E-state index in [1.807, 2.05) is 0 Å². The number of hydrogen-bond acceptors (Lipinski definition) is 1. The van der Waals surface area contributed by atoms with Crippen molar-refractivity contribution in [2.24, 2.45) is 11.8 Å². The van der Waals surface area contributed by atoms with Gasteiger partial charge in [-0.15, -0.1) is 0 Å². The number of nitrogens with one attached hydrogen (secondary N) is 1. The van der Waals surface area contributed by atoms with Gasteiger partial charge in [-0.3, -0.25) is 0 Å². The van der Waals surface area contributed by atoms with E-state index in [1.54, 1.807) is 0 Å². The monoisotopic (exact) mass is 259 g/mol. The fourth-order valence-electron chi connectivity index (χ4n) is 3.20. The summed E-state index contributed by atoms with van der Waals surface area (Å²) in [5, 5.41) is 3.84. The quantitative estimate of drug-likeness (QED) is 0.767. The first-order chi connectivity index (χ1) is 8.88. The Labute approximate surface area is 118 Å². The molecule has 2 rings (SSSR count). The van der Waals surface area contributed by atoms with E-state index in [0.29, 0.717) is 6.04 Å². The molecule has 0 amide bonds. The summed E-state index contributed by atoms with van der Waals surface area (Å²) in [7, 11) is 0. The first-order valence-electron chi connectivity index (χ1n) is 7.74. The van der Waals surface area contributed by atoms with Crippen molar-refractivity contribution in [3.05, 3.63) is 29.8 Å². The van der Waals surface area contributed by atoms with Crippen molar-refractivity contribution in [2.75, 3.05) is 5.32 Å². The lowest BCUT2D eigenvalue weighted by Gasteiger charge is -2.35. The maximum atomic E-state index is 3.84. The lowest BCUT2D eigenvalue weighted by atomic mass is 9.79. The van der Waals surface area contributed by atoms with Gasteiger partial charge in [-0.1, -0.05) is 59.2 Å². The molecule has 0 saturated heterocycles. The summed E-state index contributed by atoms with van der Waals surface area (Å²) in [5.41, 5.74) is 2.97. The SMILES string of the molecule is CC1CCC(C)C(Nc2ccccc2C(C)(C)C)C1. The molecular formula is C18H29N. The summed E-state index contributed by atoms with van der Waals surface area (Å²) in [6.45, 7) is 11.7. The molecule has 1 N–H and O–H groups in total. The molecule has 1 saturated carbocycles. The Morgan fingerprint density at radius 1 is 1.05 bits per heavy atom. The lowest BCUT2D eigenvalue weighted by Crippen LogP contribution is -2.34. The Morgan fingerprint density at radius 2 is 1.74 bits per heavy atom. The van der Waals surface area contributed by atoms with Crippen LogP contribution in [0.4, 0.5) is 5.69 Å². The summed E-state index contributed by atoms with van der Waals surface area (Å²) < 4.78 is 0. The van der Waals surface area contributed by atoms with Crippen LogP contribution in [0.5, 0.6) is 0 Å². The fraction of sp³-hybridized carbons (Fsp3) is 0.667. The highest BCUT2D eigenvalue weighted by Crippen LogP contribution is 2.34. The van der Waals surface area contributed by atoms with Crippen LogP contribution in [0.15, 0.2) is 24.3 Å². The Kier molecular flexibility index (Phi) is 4.23. The van der Waals surface area contributed by atoms with E-state index in [1.165, 1.54) is 30.5 Å². The highest BCUT2D eigenvalue weighted by Gasteiger charge is 2.27. The third kappa shape index (κ3) is 3.52. The summed E-state index contributed by atoms with van der Waals surface area (Å²) in [6.07, 6.45) is 4.05. The molecule has 0 heterocycles. The van der Waals surface area contributed by atoms with Crippen LogP contribution < -0.4 is 5.32 Å². The van der Waals surface area contributed by atoms with Gasteiger partial charge in [0.15, 0.2) is 0 Å². The van der Waals surface area contributed by atoms with Gasteiger partial charge in [0, 0.05) is 11.7 Å². The van der Waals surface area contributed by atoms with E-state index in [9.17, 15) is 0 Å². The van der Waals surface area contributed by atoms with Gasteiger partial charge < -0.3 is 5.32 Å². The predicted molar refractivity (Wildman–Crippen MR) is 84.7 cm³/mol. The Balaban J connectivity index is 2.19. The molecule has 0 spiro atoms. The van der Waals surface area contributed by atoms with Gasteiger partial charge in [-0.2, -0.15) is 0 Å². The van der Waals surface area contributed by atoms with E-state index in [2.05, 4.69) is 64.2 Å². The number of para-hydroxylation sites is 1. The molecule has 0 radical (unpaired) electrons. The third-order valence-electron chi connectivity index (χ3n) is 4.53. The molecule has 1 aromatic carbocycles. The van der Waals surface area contributed by atoms with Crippen molar-refractivity contribution in [1.82, 2.24) is 0 Å². The summed E-state index contributed by atoms with van der Waals surface area (Å²) in [4.78, 5) is 0. The van der Waals surface area contributed by atoms with Gasteiger partial charge in [0.25, 0.3) is 0 Å². The van der Waals surface area contributed by atoms with Crippen molar-refractivity contribution >= 4 is 5.69 Å². The molecule has 1 nitrogen and oxygen atoms in total. The lowest BCUT2D eigenvalue weighted by molar-refractivity contribution is 0.280. The zero-order valence-corrected chi connectivity index (χ0v) is 13.2. The van der Waals surface area contributed by atoms with Gasteiger partial charge >= 0.3 is 0 Å². The van der Waals surface area contributed by atoms with Gasteiger partial charge in [0.1, 0.15) is 0 Å². The highest BCUT2D eigenvalue weighted by atomic mass is 14.9. The molecule has 0 aromatic heterocycles. The predicted octanol–water partition coefficient (Wildman–Crippen LogP) is 5.22. The van der Waals surface area contributed by atoms with Crippen LogP contribution in [0.25, 0.3) is 0 Å². The molecule has 0 bridgehead atoms. The average molecular weight is 259 g/mol. The van der Waals surface area contributed by atoms with Gasteiger partial charge in [-0.05, 0) is 41.7 Å². The number of hydrogen-bond donors (Lipinski definition) is 1. The third-order valence-corrected chi connectivity index (χ3v) is 4.53. The first kappa shape index (κ1) is 14.4. The molecule has 3 atom stereocenters. The minimum absolute atomic E-state index is 0.202. The second-order valence-electron chi connectivity index (χ2n) is 7.44. The molecule has 1 aliphatic rings. The van der Waals surface area contributed by atoms with E-state index >= 15 is 0 Å². The number of benzene rings is 1. The van der Waals surface area contributed by atoms with Crippen LogP contribution in [-0.2, 0) is 5.41 Å². The molecule has 3 unspecified atom stereocenters. The van der Waals surface area contributed by atoms with Crippen LogP contribution >= 0.6 is 0 Å². The largest absolute Gasteiger partial charge is 0.382 e. The Bertz CT molecular complexity index is 416.